The molecule has 232 valence electrons. The van der Waals surface area contributed by atoms with Gasteiger partial charge in [0.05, 0.1) is 37.4 Å². The lowest BCUT2D eigenvalue weighted by Crippen LogP contribution is -2.27. The number of aliphatic hydroxyl groups excluding tert-OH is 2. The smallest absolute Gasteiger partial charge is 0.308 e. The summed E-state index contributed by atoms with van der Waals surface area (Å²) in [5.74, 6) is -1.34. The second-order valence-electron chi connectivity index (χ2n) is 10.9. The van der Waals surface area contributed by atoms with Gasteiger partial charge in [-0.1, -0.05) is 60.7 Å². The van der Waals surface area contributed by atoms with Crippen molar-refractivity contribution >= 4 is 18.0 Å². The maximum absolute atomic E-state index is 14.1. The highest BCUT2D eigenvalue weighted by Crippen LogP contribution is 2.42. The number of nitrogens with one attached hydrogen (secondary N) is 1. The van der Waals surface area contributed by atoms with Gasteiger partial charge < -0.3 is 24.8 Å². The summed E-state index contributed by atoms with van der Waals surface area (Å²) in [6.07, 6.45) is 0.604. The molecule has 0 aliphatic rings. The fraction of sp³-hybridized carbons (Fsp3) is 0.250. The van der Waals surface area contributed by atoms with Gasteiger partial charge in [-0.2, -0.15) is 5.26 Å². The number of halogens is 1. The van der Waals surface area contributed by atoms with Crippen molar-refractivity contribution in [1.82, 2.24) is 9.88 Å². The average molecular weight is 610 g/mol. The van der Waals surface area contributed by atoms with Crippen LogP contribution in [0.4, 0.5) is 4.39 Å². The summed E-state index contributed by atoms with van der Waals surface area (Å²) < 4.78 is 20.6. The van der Waals surface area contributed by atoms with Crippen LogP contribution in [0.15, 0.2) is 84.9 Å². The van der Waals surface area contributed by atoms with E-state index in [0.717, 1.165) is 11.1 Å². The number of esters is 1. The van der Waals surface area contributed by atoms with Crippen molar-refractivity contribution < 1.29 is 28.9 Å². The molecule has 1 heterocycles. The molecule has 0 bridgehead atoms. The summed E-state index contributed by atoms with van der Waals surface area (Å²) in [6, 6.07) is 24.2. The van der Waals surface area contributed by atoms with Gasteiger partial charge in [0.1, 0.15) is 11.5 Å². The summed E-state index contributed by atoms with van der Waals surface area (Å²) in [7, 11) is 1.23. The van der Waals surface area contributed by atoms with Gasteiger partial charge in [-0.25, -0.2) is 4.39 Å². The quantitative estimate of drug-likeness (QED) is 0.169. The molecule has 0 aliphatic heterocycles. The monoisotopic (exact) mass is 609 g/mol. The number of methoxy groups -OCH3 is 1. The fourth-order valence-electron chi connectivity index (χ4n) is 5.21. The van der Waals surface area contributed by atoms with E-state index >= 15 is 0 Å². The molecule has 0 unspecified atom stereocenters. The maximum atomic E-state index is 14.1. The van der Waals surface area contributed by atoms with Gasteiger partial charge >= 0.3 is 5.97 Å². The lowest BCUT2D eigenvalue weighted by atomic mass is 9.94. The van der Waals surface area contributed by atoms with Crippen LogP contribution in [0.1, 0.15) is 60.0 Å². The third-order valence-corrected chi connectivity index (χ3v) is 7.33. The molecule has 1 amide bonds. The lowest BCUT2D eigenvalue weighted by Gasteiger charge is -2.17. The van der Waals surface area contributed by atoms with E-state index in [1.54, 1.807) is 42.5 Å². The van der Waals surface area contributed by atoms with E-state index < -0.39 is 24.0 Å². The predicted octanol–water partition coefficient (Wildman–Crippen LogP) is 6.03. The minimum absolute atomic E-state index is 0.108. The minimum atomic E-state index is -1.12. The molecular formula is C36H36FN3O5. The Morgan fingerprint density at radius 1 is 0.978 bits per heavy atom. The molecule has 0 radical (unpaired) electrons. The standard InChI is InChI=1S/C36H36FN3O5/c1-23(2)40-31(18-17-29(41)19-30(42)20-32(43)45-3)33(27-13-15-28(37)16-14-27)34(26-7-5-4-6-8-26)35(40)36(44)39-22-25-11-9-24(21-38)10-12-25/h4-18,23,29-30,41-42H,19-20,22H2,1-3H3,(H,39,44)/t29-,30-/m1/s1. The Bertz CT molecular complexity index is 1690. The Kier molecular flexibility index (Phi) is 11.0. The Hall–Kier alpha value is -5.04. The third-order valence-electron chi connectivity index (χ3n) is 7.33. The first-order valence-electron chi connectivity index (χ1n) is 14.6. The first-order chi connectivity index (χ1) is 21.6. The van der Waals surface area contributed by atoms with Crippen LogP contribution in [0, 0.1) is 17.1 Å². The second-order valence-corrected chi connectivity index (χ2v) is 10.9. The number of nitriles is 1. The summed E-state index contributed by atoms with van der Waals surface area (Å²) in [5.41, 5.74) is 5.04. The predicted molar refractivity (Wildman–Crippen MR) is 170 cm³/mol. The normalized spacial score (nSPS) is 12.6. The number of nitrogens with zero attached hydrogens (tertiary/aromatic N) is 2. The first-order valence-corrected chi connectivity index (χ1v) is 14.6. The molecule has 0 saturated carbocycles. The van der Waals surface area contributed by atoms with Crippen LogP contribution < -0.4 is 5.32 Å². The van der Waals surface area contributed by atoms with Gasteiger partial charge in [0.2, 0.25) is 0 Å². The van der Waals surface area contributed by atoms with Crippen LogP contribution in [0.5, 0.6) is 0 Å². The van der Waals surface area contributed by atoms with E-state index in [0.29, 0.717) is 33.6 Å². The lowest BCUT2D eigenvalue weighted by molar-refractivity contribution is -0.143. The molecule has 8 nitrogen and oxygen atoms in total. The maximum Gasteiger partial charge on any atom is 0.308 e. The van der Waals surface area contributed by atoms with E-state index in [1.807, 2.05) is 48.7 Å². The highest BCUT2D eigenvalue weighted by atomic mass is 19.1. The van der Waals surface area contributed by atoms with Crippen molar-refractivity contribution in [2.45, 2.75) is 51.5 Å². The number of ether oxygens (including phenoxy) is 1. The van der Waals surface area contributed by atoms with Crippen molar-refractivity contribution in [3.05, 3.63) is 113 Å². The average Bonchev–Trinajstić information content (AvgIpc) is 3.39. The highest BCUT2D eigenvalue weighted by molar-refractivity contribution is 6.06. The van der Waals surface area contributed by atoms with Gasteiger partial charge in [0.25, 0.3) is 5.91 Å². The molecule has 4 aromatic rings. The topological polar surface area (TPSA) is 125 Å². The van der Waals surface area contributed by atoms with E-state index in [1.165, 1.54) is 25.3 Å². The Labute approximate surface area is 262 Å². The SMILES string of the molecule is COC(=O)C[C@H](O)C[C@H](O)C=Cc1c(-c2ccc(F)cc2)c(-c2ccccc2)c(C(=O)NCc2ccc(C#N)cc2)n1C(C)C. The largest absolute Gasteiger partial charge is 0.469 e. The van der Waals surface area contributed by atoms with Crippen molar-refractivity contribution in [1.29, 1.82) is 5.26 Å². The van der Waals surface area contributed by atoms with Gasteiger partial charge in [-0.3, -0.25) is 9.59 Å². The van der Waals surface area contributed by atoms with Crippen LogP contribution in [-0.4, -0.2) is 46.0 Å². The minimum Gasteiger partial charge on any atom is -0.469 e. The molecule has 3 N–H and O–H groups in total. The van der Waals surface area contributed by atoms with Gasteiger partial charge in [0.15, 0.2) is 0 Å². The number of benzene rings is 3. The number of aliphatic hydroxyl groups is 2. The molecule has 45 heavy (non-hydrogen) atoms. The molecule has 4 rings (SSSR count). The highest BCUT2D eigenvalue weighted by Gasteiger charge is 2.29. The first kappa shape index (κ1) is 32.9. The number of rotatable bonds is 12. The van der Waals surface area contributed by atoms with E-state index in [4.69, 9.17) is 5.26 Å². The summed E-state index contributed by atoms with van der Waals surface area (Å²) >= 11 is 0. The van der Waals surface area contributed by atoms with Crippen molar-refractivity contribution in [3.8, 4) is 28.3 Å². The number of hydrogen-bond donors (Lipinski definition) is 3. The number of hydrogen-bond acceptors (Lipinski definition) is 6. The summed E-state index contributed by atoms with van der Waals surface area (Å²) in [5, 5.41) is 33.2. The van der Waals surface area contributed by atoms with Crippen molar-refractivity contribution in [2.75, 3.05) is 7.11 Å². The van der Waals surface area contributed by atoms with Crippen molar-refractivity contribution in [3.63, 3.8) is 0 Å². The zero-order valence-corrected chi connectivity index (χ0v) is 25.4. The van der Waals surface area contributed by atoms with Crippen molar-refractivity contribution in [2.24, 2.45) is 0 Å². The Balaban J connectivity index is 1.87. The Morgan fingerprint density at radius 2 is 1.62 bits per heavy atom. The van der Waals surface area contributed by atoms with Crippen LogP contribution in [0.2, 0.25) is 0 Å². The van der Waals surface area contributed by atoms with E-state index in [-0.39, 0.29) is 31.3 Å². The van der Waals surface area contributed by atoms with E-state index in [2.05, 4.69) is 16.1 Å². The van der Waals surface area contributed by atoms with Gasteiger partial charge in [-0.05, 0) is 60.9 Å². The molecule has 0 fully saturated rings. The number of carbonyl (C=O) groups excluding carboxylic acids is 2. The summed E-state index contributed by atoms with van der Waals surface area (Å²) in [6.45, 7) is 4.10. The van der Waals surface area contributed by atoms with Gasteiger partial charge in [-0.15, -0.1) is 0 Å². The van der Waals surface area contributed by atoms with E-state index in [9.17, 15) is 24.2 Å². The van der Waals surface area contributed by atoms with Crippen LogP contribution in [-0.2, 0) is 16.1 Å². The molecule has 0 aliphatic carbocycles. The summed E-state index contributed by atoms with van der Waals surface area (Å²) in [4.78, 5) is 25.7. The van der Waals surface area contributed by atoms with Gasteiger partial charge in [0, 0.05) is 35.8 Å². The fourth-order valence-corrected chi connectivity index (χ4v) is 5.21. The molecule has 9 heteroatoms. The molecule has 1 aromatic heterocycles. The molecule has 3 aromatic carbocycles. The third kappa shape index (κ3) is 8.12. The van der Waals surface area contributed by atoms with Crippen LogP contribution in [0.25, 0.3) is 28.3 Å². The molecule has 0 saturated heterocycles. The van der Waals surface area contributed by atoms with Crippen LogP contribution >= 0.6 is 0 Å². The zero-order chi connectivity index (χ0) is 32.5. The number of aromatic nitrogens is 1. The molecule has 0 spiro atoms. The zero-order valence-electron chi connectivity index (χ0n) is 25.4. The molecular weight excluding hydrogens is 573 g/mol. The molecule has 2 atom stereocenters. The van der Waals surface area contributed by atoms with Crippen LogP contribution in [0.3, 0.4) is 0 Å². The number of amides is 1. The number of carbonyl (C=O) groups is 2. The Morgan fingerprint density at radius 3 is 2.22 bits per heavy atom. The second kappa shape index (κ2) is 15.1.